The van der Waals surface area contributed by atoms with E-state index in [1.54, 1.807) is 0 Å². The summed E-state index contributed by atoms with van der Waals surface area (Å²) in [6, 6.07) is 11.9. The number of allylic oxidation sites excluding steroid dienone is 1. The number of ketones is 1. The summed E-state index contributed by atoms with van der Waals surface area (Å²) in [6.07, 6.45) is 2.88. The van der Waals surface area contributed by atoms with Gasteiger partial charge in [0.2, 0.25) is 0 Å². The summed E-state index contributed by atoms with van der Waals surface area (Å²) in [5.41, 5.74) is 4.77. The highest BCUT2D eigenvalue weighted by Crippen LogP contribution is 2.19. The third-order valence-electron chi connectivity index (χ3n) is 5.50. The maximum atomic E-state index is 12.9. The van der Waals surface area contributed by atoms with Crippen molar-refractivity contribution >= 4 is 11.5 Å². The van der Waals surface area contributed by atoms with E-state index in [1.807, 2.05) is 50.3 Å². The zero-order chi connectivity index (χ0) is 20.1. The van der Waals surface area contributed by atoms with Gasteiger partial charge in [-0.15, -0.1) is 6.58 Å². The lowest BCUT2D eigenvalue weighted by Gasteiger charge is -2.23. The number of carbonyl (C=O) groups excluding carboxylic acids is 1. The molecule has 1 aromatic carbocycles. The summed E-state index contributed by atoms with van der Waals surface area (Å²) in [4.78, 5) is 17.5. The maximum Gasteiger partial charge on any atom is 0.178 e. The molecule has 1 fully saturated rings. The number of hydrogen-bond donors (Lipinski definition) is 0. The van der Waals surface area contributed by atoms with Crippen LogP contribution in [0.3, 0.4) is 0 Å². The molecule has 3 rings (SSSR count). The number of nitrogens with zero attached hydrogens (tertiary/aromatic N) is 4. The average molecular weight is 377 g/mol. The van der Waals surface area contributed by atoms with Crippen LogP contribution in [0.15, 0.2) is 43.0 Å². The Labute approximate surface area is 167 Å². The molecule has 1 aliphatic rings. The molecule has 0 radical (unpaired) electrons. The van der Waals surface area contributed by atoms with E-state index < -0.39 is 0 Å². The fourth-order valence-electron chi connectivity index (χ4n) is 3.92. The van der Waals surface area contributed by atoms with Gasteiger partial charge in [0.1, 0.15) is 0 Å². The number of rotatable bonds is 6. The van der Waals surface area contributed by atoms with Gasteiger partial charge < -0.3 is 9.47 Å². The van der Waals surface area contributed by atoms with Crippen LogP contribution >= 0.6 is 0 Å². The van der Waals surface area contributed by atoms with Gasteiger partial charge in [-0.2, -0.15) is 5.26 Å². The second-order valence-electron chi connectivity index (χ2n) is 7.38. The Balaban J connectivity index is 1.63. The summed E-state index contributed by atoms with van der Waals surface area (Å²) >= 11 is 0. The van der Waals surface area contributed by atoms with Crippen LogP contribution in [0.5, 0.6) is 0 Å². The molecular formula is C23H28N4O. The van der Waals surface area contributed by atoms with Crippen LogP contribution in [0.2, 0.25) is 0 Å². The van der Waals surface area contributed by atoms with Crippen LogP contribution < -0.4 is 4.90 Å². The zero-order valence-corrected chi connectivity index (χ0v) is 16.8. The van der Waals surface area contributed by atoms with E-state index in [2.05, 4.69) is 27.0 Å². The molecule has 2 heterocycles. The van der Waals surface area contributed by atoms with Gasteiger partial charge in [0.25, 0.3) is 0 Å². The Bertz CT molecular complexity index is 889. The van der Waals surface area contributed by atoms with E-state index in [0.717, 1.165) is 61.8 Å². The first kappa shape index (κ1) is 19.9. The number of hydrogen-bond acceptors (Lipinski definition) is 4. The molecule has 0 aliphatic carbocycles. The summed E-state index contributed by atoms with van der Waals surface area (Å²) in [5, 5.41) is 8.96. The molecule has 0 unspecified atom stereocenters. The highest BCUT2D eigenvalue weighted by Gasteiger charge is 2.21. The third kappa shape index (κ3) is 4.35. The Kier molecular flexibility index (Phi) is 6.33. The van der Waals surface area contributed by atoms with Crippen molar-refractivity contribution in [3.05, 3.63) is 65.5 Å². The summed E-state index contributed by atoms with van der Waals surface area (Å²) < 4.78 is 2.13. The monoisotopic (exact) mass is 376 g/mol. The topological polar surface area (TPSA) is 52.3 Å². The molecule has 0 N–H and O–H groups in total. The molecule has 0 spiro atoms. The molecule has 1 saturated heterocycles. The lowest BCUT2D eigenvalue weighted by molar-refractivity contribution is 0.0934. The predicted molar refractivity (Wildman–Crippen MR) is 113 cm³/mol. The molecule has 0 atom stereocenters. The summed E-state index contributed by atoms with van der Waals surface area (Å²) in [7, 11) is 0. The van der Waals surface area contributed by atoms with E-state index in [0.29, 0.717) is 12.1 Å². The van der Waals surface area contributed by atoms with Crippen molar-refractivity contribution in [3.8, 4) is 6.07 Å². The molecule has 28 heavy (non-hydrogen) atoms. The molecule has 1 aliphatic heterocycles. The average Bonchev–Trinajstić information content (AvgIpc) is 2.87. The van der Waals surface area contributed by atoms with Gasteiger partial charge in [-0.1, -0.05) is 6.08 Å². The third-order valence-corrected chi connectivity index (χ3v) is 5.50. The Hall–Kier alpha value is -2.84. The van der Waals surface area contributed by atoms with Crippen LogP contribution in [-0.2, 0) is 6.54 Å². The molecule has 2 aromatic rings. The van der Waals surface area contributed by atoms with Crippen molar-refractivity contribution in [1.29, 1.82) is 5.26 Å². The van der Waals surface area contributed by atoms with Crippen LogP contribution in [0.25, 0.3) is 0 Å². The van der Waals surface area contributed by atoms with E-state index in [9.17, 15) is 4.79 Å². The molecule has 0 amide bonds. The minimum Gasteiger partial charge on any atom is -0.370 e. The number of nitriles is 1. The van der Waals surface area contributed by atoms with Crippen molar-refractivity contribution in [2.75, 3.05) is 37.6 Å². The molecule has 1 aromatic heterocycles. The summed E-state index contributed by atoms with van der Waals surface area (Å²) in [5.74, 6) is 0.190. The first-order chi connectivity index (χ1) is 13.5. The van der Waals surface area contributed by atoms with E-state index in [4.69, 9.17) is 5.26 Å². The molecule has 0 bridgehead atoms. The fraction of sp³-hybridized carbons (Fsp3) is 0.391. The van der Waals surface area contributed by atoms with Crippen LogP contribution in [0, 0.1) is 25.2 Å². The quantitative estimate of drug-likeness (QED) is 0.571. The molecule has 0 saturated carbocycles. The Morgan fingerprint density at radius 2 is 1.93 bits per heavy atom. The number of aromatic nitrogens is 1. The zero-order valence-electron chi connectivity index (χ0n) is 16.8. The Morgan fingerprint density at radius 1 is 1.18 bits per heavy atom. The molecule has 5 heteroatoms. The first-order valence-electron chi connectivity index (χ1n) is 9.81. The van der Waals surface area contributed by atoms with Gasteiger partial charge in [-0.05, 0) is 50.6 Å². The largest absolute Gasteiger partial charge is 0.370 e. The normalized spacial score (nSPS) is 15.1. The van der Waals surface area contributed by atoms with E-state index >= 15 is 0 Å². The van der Waals surface area contributed by atoms with E-state index in [1.165, 1.54) is 0 Å². The van der Waals surface area contributed by atoms with Gasteiger partial charge in [-0.25, -0.2) is 0 Å². The predicted octanol–water partition coefficient (Wildman–Crippen LogP) is 3.56. The van der Waals surface area contributed by atoms with Gasteiger partial charge in [-0.3, -0.25) is 9.69 Å². The molecular weight excluding hydrogens is 348 g/mol. The fourth-order valence-corrected chi connectivity index (χ4v) is 3.92. The Morgan fingerprint density at radius 3 is 2.61 bits per heavy atom. The molecule has 5 nitrogen and oxygen atoms in total. The van der Waals surface area contributed by atoms with Gasteiger partial charge in [0.05, 0.1) is 18.2 Å². The van der Waals surface area contributed by atoms with Crippen LogP contribution in [0.4, 0.5) is 5.69 Å². The van der Waals surface area contributed by atoms with Crippen molar-refractivity contribution < 1.29 is 4.79 Å². The van der Waals surface area contributed by atoms with Gasteiger partial charge in [0, 0.05) is 55.4 Å². The standard InChI is InChI=1S/C23H28N4O/c1-4-10-27-18(2)15-22(19(27)3)23(28)17-25-11-5-12-26(14-13-25)21-8-6-20(16-24)7-9-21/h4,6-9,15H,1,5,10-14,17H2,2-3H3. The SMILES string of the molecule is C=CCn1c(C)cc(C(=O)CN2CCCN(c3ccc(C#N)cc3)CC2)c1C. The van der Waals surface area contributed by atoms with Crippen molar-refractivity contribution in [2.24, 2.45) is 0 Å². The van der Waals surface area contributed by atoms with Crippen LogP contribution in [-0.4, -0.2) is 48.0 Å². The maximum absolute atomic E-state index is 12.9. The van der Waals surface area contributed by atoms with E-state index in [-0.39, 0.29) is 5.78 Å². The molecule has 146 valence electrons. The second kappa shape index (κ2) is 8.90. The highest BCUT2D eigenvalue weighted by molar-refractivity contribution is 5.99. The number of aryl methyl sites for hydroxylation is 1. The smallest absolute Gasteiger partial charge is 0.178 e. The second-order valence-corrected chi connectivity index (χ2v) is 7.38. The number of carbonyl (C=O) groups is 1. The number of anilines is 1. The number of Topliss-reactive ketones (excluding diaryl/α,β-unsaturated/α-hetero) is 1. The minimum absolute atomic E-state index is 0.190. The van der Waals surface area contributed by atoms with Gasteiger partial charge >= 0.3 is 0 Å². The van der Waals surface area contributed by atoms with Gasteiger partial charge in [0.15, 0.2) is 5.78 Å². The summed E-state index contributed by atoms with van der Waals surface area (Å²) in [6.45, 7) is 12.7. The first-order valence-corrected chi connectivity index (χ1v) is 9.81. The minimum atomic E-state index is 0.190. The van der Waals surface area contributed by atoms with Crippen molar-refractivity contribution in [3.63, 3.8) is 0 Å². The highest BCUT2D eigenvalue weighted by atomic mass is 16.1. The van der Waals surface area contributed by atoms with Crippen molar-refractivity contribution in [2.45, 2.75) is 26.8 Å². The number of benzene rings is 1. The lowest BCUT2D eigenvalue weighted by atomic mass is 10.1. The lowest BCUT2D eigenvalue weighted by Crippen LogP contribution is -2.34. The van der Waals surface area contributed by atoms with Crippen LogP contribution in [0.1, 0.15) is 33.7 Å². The van der Waals surface area contributed by atoms with Crippen molar-refractivity contribution in [1.82, 2.24) is 9.47 Å².